The van der Waals surface area contributed by atoms with E-state index in [1.165, 1.54) is 12.1 Å². The summed E-state index contributed by atoms with van der Waals surface area (Å²) in [4.78, 5) is 16.6. The highest BCUT2D eigenvalue weighted by molar-refractivity contribution is 5.76. The molecule has 2 heterocycles. The van der Waals surface area contributed by atoms with Crippen molar-refractivity contribution < 1.29 is 13.9 Å². The van der Waals surface area contributed by atoms with Crippen LogP contribution in [0.15, 0.2) is 79.0 Å². The molecule has 0 spiro atoms. The number of ether oxygens (including phenoxy) is 1. The molecule has 0 saturated carbocycles. The highest BCUT2D eigenvalue weighted by atomic mass is 19.1. The summed E-state index contributed by atoms with van der Waals surface area (Å²) in [7, 11) is 0. The molecule has 1 N–H and O–H groups in total. The zero-order chi connectivity index (χ0) is 22.3. The van der Waals surface area contributed by atoms with Gasteiger partial charge in [0.25, 0.3) is 0 Å². The number of nitrogens with one attached hydrogen (secondary N) is 1. The Morgan fingerprint density at radius 1 is 1.03 bits per heavy atom. The zero-order valence-electron chi connectivity index (χ0n) is 17.7. The van der Waals surface area contributed by atoms with Crippen LogP contribution in [-0.4, -0.2) is 20.7 Å². The summed E-state index contributed by atoms with van der Waals surface area (Å²) in [6.45, 7) is 2.25. The van der Waals surface area contributed by atoms with E-state index in [9.17, 15) is 9.18 Å². The van der Waals surface area contributed by atoms with Gasteiger partial charge in [0.05, 0.1) is 23.6 Å². The minimum atomic E-state index is -0.326. The fourth-order valence-corrected chi connectivity index (χ4v) is 3.31. The number of aryl methyl sites for hydroxylation is 1. The SMILES string of the molecule is Cc1nn(-c2ccc(F)cc2)c(Oc2ccccc2)c1CCC(=O)NCc1ccccn1. The van der Waals surface area contributed by atoms with Crippen LogP contribution in [0.2, 0.25) is 0 Å². The molecule has 0 radical (unpaired) electrons. The molecule has 2 aromatic heterocycles. The predicted octanol–water partition coefficient (Wildman–Crippen LogP) is 4.76. The Labute approximate surface area is 185 Å². The van der Waals surface area contributed by atoms with Gasteiger partial charge < -0.3 is 10.1 Å². The number of pyridine rings is 1. The van der Waals surface area contributed by atoms with Crippen molar-refractivity contribution in [2.75, 3.05) is 0 Å². The average molecular weight is 430 g/mol. The van der Waals surface area contributed by atoms with Crippen LogP contribution in [0.1, 0.15) is 23.4 Å². The molecule has 4 rings (SSSR count). The van der Waals surface area contributed by atoms with E-state index in [-0.39, 0.29) is 18.1 Å². The first-order chi connectivity index (χ1) is 15.6. The van der Waals surface area contributed by atoms with Crippen LogP contribution >= 0.6 is 0 Å². The largest absolute Gasteiger partial charge is 0.439 e. The smallest absolute Gasteiger partial charge is 0.226 e. The van der Waals surface area contributed by atoms with Crippen molar-refractivity contribution in [1.29, 1.82) is 0 Å². The van der Waals surface area contributed by atoms with Gasteiger partial charge in [0.2, 0.25) is 11.8 Å². The maximum Gasteiger partial charge on any atom is 0.226 e. The molecule has 0 aliphatic carbocycles. The molecule has 0 aliphatic heterocycles. The molecule has 0 bridgehead atoms. The lowest BCUT2D eigenvalue weighted by atomic mass is 10.1. The highest BCUT2D eigenvalue weighted by Gasteiger charge is 2.20. The van der Waals surface area contributed by atoms with Crippen LogP contribution in [0.4, 0.5) is 4.39 Å². The Morgan fingerprint density at radius 3 is 2.50 bits per heavy atom. The first-order valence-electron chi connectivity index (χ1n) is 10.3. The van der Waals surface area contributed by atoms with Crippen molar-refractivity contribution in [2.45, 2.75) is 26.3 Å². The number of nitrogens with zero attached hydrogens (tertiary/aromatic N) is 3. The third kappa shape index (κ3) is 5.18. The fraction of sp³-hybridized carbons (Fsp3) is 0.160. The molecule has 32 heavy (non-hydrogen) atoms. The van der Waals surface area contributed by atoms with Crippen LogP contribution in [0.25, 0.3) is 5.69 Å². The second-order valence-corrected chi connectivity index (χ2v) is 7.27. The highest BCUT2D eigenvalue weighted by Crippen LogP contribution is 2.31. The van der Waals surface area contributed by atoms with E-state index in [1.54, 1.807) is 23.0 Å². The van der Waals surface area contributed by atoms with Gasteiger partial charge in [-0.25, -0.2) is 9.07 Å². The van der Waals surface area contributed by atoms with Gasteiger partial charge in [-0.2, -0.15) is 5.10 Å². The number of carbonyl (C=O) groups is 1. The summed E-state index contributed by atoms with van der Waals surface area (Å²) in [5, 5.41) is 7.50. The maximum atomic E-state index is 13.4. The van der Waals surface area contributed by atoms with Crippen LogP contribution in [0.3, 0.4) is 0 Å². The van der Waals surface area contributed by atoms with Gasteiger partial charge in [0.15, 0.2) is 0 Å². The molecule has 2 aromatic carbocycles. The van der Waals surface area contributed by atoms with Gasteiger partial charge in [0, 0.05) is 18.2 Å². The standard InChI is InChI=1S/C25H23FN4O2/c1-18-23(14-15-24(31)28-17-20-7-5-6-16-27-20)25(32-22-8-3-2-4-9-22)30(29-18)21-12-10-19(26)11-13-21/h2-13,16H,14-15,17H2,1H3,(H,28,31). The van der Waals surface area contributed by atoms with Gasteiger partial charge in [0.1, 0.15) is 11.6 Å². The summed E-state index contributed by atoms with van der Waals surface area (Å²) in [6.07, 6.45) is 2.42. The van der Waals surface area contributed by atoms with Crippen LogP contribution in [-0.2, 0) is 17.8 Å². The van der Waals surface area contributed by atoms with E-state index in [0.29, 0.717) is 30.3 Å². The Hall–Kier alpha value is -4.00. The lowest BCUT2D eigenvalue weighted by Gasteiger charge is -2.11. The van der Waals surface area contributed by atoms with Crippen molar-refractivity contribution in [3.05, 3.63) is 102 Å². The third-order valence-corrected chi connectivity index (χ3v) is 4.96. The van der Waals surface area contributed by atoms with Gasteiger partial charge in [-0.3, -0.25) is 9.78 Å². The quantitative estimate of drug-likeness (QED) is 0.438. The Kier molecular flexibility index (Phi) is 6.55. The molecular weight excluding hydrogens is 407 g/mol. The van der Waals surface area contributed by atoms with Crippen molar-refractivity contribution in [3.63, 3.8) is 0 Å². The molecule has 1 amide bonds. The van der Waals surface area contributed by atoms with Gasteiger partial charge in [-0.1, -0.05) is 24.3 Å². The van der Waals surface area contributed by atoms with E-state index in [4.69, 9.17) is 4.74 Å². The molecule has 0 unspecified atom stereocenters. The zero-order valence-corrected chi connectivity index (χ0v) is 17.7. The van der Waals surface area contributed by atoms with Crippen molar-refractivity contribution >= 4 is 5.91 Å². The number of benzene rings is 2. The number of para-hydroxylation sites is 1. The lowest BCUT2D eigenvalue weighted by Crippen LogP contribution is -2.23. The average Bonchev–Trinajstić information content (AvgIpc) is 3.13. The third-order valence-electron chi connectivity index (χ3n) is 4.96. The van der Waals surface area contributed by atoms with Gasteiger partial charge >= 0.3 is 0 Å². The number of hydrogen-bond acceptors (Lipinski definition) is 4. The number of carbonyl (C=O) groups excluding carboxylic acids is 1. The molecular formula is C25H23FN4O2. The predicted molar refractivity (Wildman–Crippen MR) is 119 cm³/mol. The summed E-state index contributed by atoms with van der Waals surface area (Å²) in [5.74, 6) is 0.748. The molecule has 6 nitrogen and oxygen atoms in total. The van der Waals surface area contributed by atoms with Crippen LogP contribution in [0.5, 0.6) is 11.6 Å². The van der Waals surface area contributed by atoms with Crippen molar-refractivity contribution in [1.82, 2.24) is 20.1 Å². The molecule has 4 aromatic rings. The van der Waals surface area contributed by atoms with E-state index in [2.05, 4.69) is 15.4 Å². The van der Waals surface area contributed by atoms with E-state index >= 15 is 0 Å². The van der Waals surface area contributed by atoms with E-state index in [1.807, 2.05) is 55.5 Å². The molecule has 0 saturated heterocycles. The number of halogens is 1. The number of aromatic nitrogens is 3. The van der Waals surface area contributed by atoms with E-state index < -0.39 is 0 Å². The molecule has 0 atom stereocenters. The normalized spacial score (nSPS) is 10.7. The summed E-state index contributed by atoms with van der Waals surface area (Å²) >= 11 is 0. The van der Waals surface area contributed by atoms with Gasteiger partial charge in [-0.05, 0) is 61.9 Å². The second kappa shape index (κ2) is 9.87. The topological polar surface area (TPSA) is 69.0 Å². The number of rotatable bonds is 8. The maximum absolute atomic E-state index is 13.4. The first kappa shape index (κ1) is 21.2. The number of amides is 1. The summed E-state index contributed by atoms with van der Waals surface area (Å²) in [5.41, 5.74) is 3.05. The van der Waals surface area contributed by atoms with Crippen LogP contribution in [0, 0.1) is 12.7 Å². The second-order valence-electron chi connectivity index (χ2n) is 7.27. The minimum Gasteiger partial charge on any atom is -0.439 e. The minimum absolute atomic E-state index is 0.0877. The summed E-state index contributed by atoms with van der Waals surface area (Å²) < 4.78 is 21.2. The van der Waals surface area contributed by atoms with E-state index in [0.717, 1.165) is 17.0 Å². The van der Waals surface area contributed by atoms with Crippen LogP contribution < -0.4 is 10.1 Å². The summed E-state index contributed by atoms with van der Waals surface area (Å²) in [6, 6.07) is 21.0. The lowest BCUT2D eigenvalue weighted by molar-refractivity contribution is -0.121. The molecule has 0 fully saturated rings. The Bertz CT molecular complexity index is 1180. The molecule has 0 aliphatic rings. The number of hydrogen-bond donors (Lipinski definition) is 1. The van der Waals surface area contributed by atoms with Crippen molar-refractivity contribution in [2.24, 2.45) is 0 Å². The Balaban J connectivity index is 1.55. The molecule has 7 heteroatoms. The molecule has 162 valence electrons. The Morgan fingerprint density at radius 2 is 1.78 bits per heavy atom. The fourth-order valence-electron chi connectivity index (χ4n) is 3.31. The van der Waals surface area contributed by atoms with Gasteiger partial charge in [-0.15, -0.1) is 0 Å². The monoisotopic (exact) mass is 430 g/mol. The first-order valence-corrected chi connectivity index (χ1v) is 10.3. The van der Waals surface area contributed by atoms with Crippen molar-refractivity contribution in [3.8, 4) is 17.3 Å².